The summed E-state index contributed by atoms with van der Waals surface area (Å²) in [6.45, 7) is 5.33. The van der Waals surface area contributed by atoms with Gasteiger partial charge in [-0.25, -0.2) is 0 Å². The molecule has 35 heavy (non-hydrogen) atoms. The molecular formula is C28H41NO6. The number of aliphatic hydroxyl groups is 2. The van der Waals surface area contributed by atoms with E-state index in [1.165, 1.54) is 5.57 Å². The van der Waals surface area contributed by atoms with E-state index in [0.717, 1.165) is 45.1 Å². The average molecular weight is 488 g/mol. The van der Waals surface area contributed by atoms with Crippen molar-refractivity contribution >= 4 is 17.5 Å². The molecule has 0 unspecified atom stereocenters. The van der Waals surface area contributed by atoms with Crippen LogP contribution in [0.25, 0.3) is 0 Å². The lowest BCUT2D eigenvalue weighted by molar-refractivity contribution is -0.185. The summed E-state index contributed by atoms with van der Waals surface area (Å²) in [5, 5.41) is 23.3. The van der Waals surface area contributed by atoms with E-state index in [2.05, 4.69) is 11.8 Å². The Kier molecular flexibility index (Phi) is 6.29. The van der Waals surface area contributed by atoms with Crippen LogP contribution in [0.3, 0.4) is 0 Å². The third-order valence-corrected chi connectivity index (χ3v) is 10.8. The van der Waals surface area contributed by atoms with Crippen LogP contribution in [-0.2, 0) is 19.1 Å². The number of nitrogens with zero attached hydrogens (tertiary/aromatic N) is 1. The number of hydrogen-bond acceptors (Lipinski definition) is 7. The summed E-state index contributed by atoms with van der Waals surface area (Å²) in [4.78, 5) is 40.2. The van der Waals surface area contributed by atoms with Crippen LogP contribution >= 0.6 is 0 Å². The number of Topliss-reactive ketones (excluding diaryl/α,β-unsaturated/α-hetero) is 1. The highest BCUT2D eigenvalue weighted by Crippen LogP contribution is 2.67. The van der Waals surface area contributed by atoms with Gasteiger partial charge in [0.25, 0.3) is 0 Å². The van der Waals surface area contributed by atoms with Gasteiger partial charge in [0.05, 0.1) is 12.0 Å². The highest BCUT2D eigenvalue weighted by Gasteiger charge is 2.68. The lowest BCUT2D eigenvalue weighted by Gasteiger charge is -2.60. The number of aliphatic hydroxyl groups excluding tert-OH is 1. The highest BCUT2D eigenvalue weighted by atomic mass is 16.5. The first-order valence-electron chi connectivity index (χ1n) is 13.5. The topological polar surface area (TPSA) is 104 Å². The molecule has 4 aliphatic carbocycles. The third kappa shape index (κ3) is 3.84. The minimum atomic E-state index is -1.60. The molecule has 2 N–H and O–H groups in total. The fourth-order valence-corrected chi connectivity index (χ4v) is 8.88. The minimum absolute atomic E-state index is 0.0345. The van der Waals surface area contributed by atoms with Gasteiger partial charge in [-0.1, -0.05) is 19.4 Å². The maximum absolute atomic E-state index is 13.4. The number of hydrogen-bond donors (Lipinski definition) is 2. The zero-order valence-corrected chi connectivity index (χ0v) is 21.4. The number of carbonyl (C=O) groups excluding carboxylic acids is 3. The van der Waals surface area contributed by atoms with Gasteiger partial charge in [-0.3, -0.25) is 14.4 Å². The van der Waals surface area contributed by atoms with E-state index < -0.39 is 29.5 Å². The van der Waals surface area contributed by atoms with E-state index in [1.54, 1.807) is 0 Å². The van der Waals surface area contributed by atoms with E-state index in [-0.39, 0.29) is 40.8 Å². The normalized spacial score (nSPS) is 45.7. The monoisotopic (exact) mass is 487 g/mol. The Balaban J connectivity index is 1.32. The predicted octanol–water partition coefficient (Wildman–Crippen LogP) is 2.67. The van der Waals surface area contributed by atoms with Crippen molar-refractivity contribution in [3.05, 3.63) is 11.6 Å². The van der Waals surface area contributed by atoms with Gasteiger partial charge in [-0.15, -0.1) is 0 Å². The average Bonchev–Trinajstić information content (AvgIpc) is 3.08. The molecule has 1 aliphatic heterocycles. The number of carbonyl (C=O) groups is 3. The molecule has 1 heterocycles. The lowest BCUT2D eigenvalue weighted by atomic mass is 9.45. The molecule has 0 spiro atoms. The van der Waals surface area contributed by atoms with Crippen molar-refractivity contribution in [2.75, 3.05) is 26.7 Å². The SMILES string of the molecule is CN1CCC[C@@H](C(=O)OCC(=O)[C@@]2(O)CC[C@H]3[C@@H]4CCC5=CC(=O)CC[C@]5(C)[C@H]4[C@@H](O)C[C@@]32C)C1. The third-order valence-electron chi connectivity index (χ3n) is 10.8. The molecule has 7 nitrogen and oxygen atoms in total. The summed E-state index contributed by atoms with van der Waals surface area (Å²) in [6, 6.07) is 0. The maximum atomic E-state index is 13.4. The number of likely N-dealkylation sites (tertiary alicyclic amines) is 1. The second-order valence-electron chi connectivity index (χ2n) is 12.6. The van der Waals surface area contributed by atoms with Gasteiger partial charge in [0.1, 0.15) is 5.60 Å². The van der Waals surface area contributed by atoms with E-state index >= 15 is 0 Å². The number of fused-ring (bicyclic) bond motifs is 5. The number of esters is 1. The standard InChI is InChI=1S/C28H41NO6/c1-26-10-8-19(30)13-18(26)6-7-20-21-9-11-28(34,27(21,2)14-22(31)24(20)26)23(32)16-35-25(33)17-5-4-12-29(3)15-17/h13,17,20-22,24,31,34H,4-12,14-16H2,1-3H3/t17-,20+,21+,22+,24-,26+,27+,28+/m1/s1. The Bertz CT molecular complexity index is 946. The van der Waals surface area contributed by atoms with Crippen molar-refractivity contribution in [2.24, 2.45) is 34.5 Å². The molecule has 0 bridgehead atoms. The van der Waals surface area contributed by atoms with Crippen molar-refractivity contribution in [3.8, 4) is 0 Å². The number of ketones is 2. The van der Waals surface area contributed by atoms with Crippen LogP contribution in [0.2, 0.25) is 0 Å². The molecule has 7 heteroatoms. The maximum Gasteiger partial charge on any atom is 0.310 e. The van der Waals surface area contributed by atoms with Crippen molar-refractivity contribution in [1.29, 1.82) is 0 Å². The van der Waals surface area contributed by atoms with E-state index in [1.807, 2.05) is 20.0 Å². The molecule has 8 atom stereocenters. The van der Waals surface area contributed by atoms with Crippen LogP contribution in [0.1, 0.15) is 71.6 Å². The van der Waals surface area contributed by atoms with E-state index in [9.17, 15) is 24.6 Å². The van der Waals surface area contributed by atoms with Gasteiger partial charge in [0, 0.05) is 18.4 Å². The van der Waals surface area contributed by atoms with Gasteiger partial charge >= 0.3 is 5.97 Å². The molecule has 194 valence electrons. The van der Waals surface area contributed by atoms with Crippen LogP contribution in [0.5, 0.6) is 0 Å². The molecule has 5 rings (SSSR count). The Labute approximate surface area is 208 Å². The molecule has 3 saturated carbocycles. The van der Waals surface area contributed by atoms with E-state index in [4.69, 9.17) is 4.74 Å². The fourth-order valence-electron chi connectivity index (χ4n) is 8.88. The van der Waals surface area contributed by atoms with Gasteiger partial charge in [-0.2, -0.15) is 0 Å². The first-order chi connectivity index (χ1) is 16.5. The summed E-state index contributed by atoms with van der Waals surface area (Å²) >= 11 is 0. The summed E-state index contributed by atoms with van der Waals surface area (Å²) in [6.07, 6.45) is 7.24. The first kappa shape index (κ1) is 25.1. The smallest absolute Gasteiger partial charge is 0.310 e. The second kappa shape index (κ2) is 8.77. The molecule has 5 aliphatic rings. The summed E-state index contributed by atoms with van der Waals surface area (Å²) < 4.78 is 5.45. The van der Waals surface area contributed by atoms with Crippen LogP contribution in [0, 0.1) is 34.5 Å². The van der Waals surface area contributed by atoms with Crippen molar-refractivity contribution < 1.29 is 29.3 Å². The van der Waals surface area contributed by atoms with Gasteiger partial charge in [-0.05, 0) is 94.2 Å². The summed E-state index contributed by atoms with van der Waals surface area (Å²) in [7, 11) is 1.98. The largest absolute Gasteiger partial charge is 0.457 e. The number of piperidine rings is 1. The Morgan fingerprint density at radius 3 is 2.69 bits per heavy atom. The van der Waals surface area contributed by atoms with Gasteiger partial charge in [0.15, 0.2) is 12.4 Å². The van der Waals surface area contributed by atoms with Crippen LogP contribution in [-0.4, -0.2) is 71.1 Å². The second-order valence-corrected chi connectivity index (χ2v) is 12.6. The van der Waals surface area contributed by atoms with Crippen molar-refractivity contribution in [1.82, 2.24) is 4.90 Å². The minimum Gasteiger partial charge on any atom is -0.457 e. The van der Waals surface area contributed by atoms with E-state index in [0.29, 0.717) is 25.8 Å². The van der Waals surface area contributed by atoms with Gasteiger partial charge in [0.2, 0.25) is 5.78 Å². The van der Waals surface area contributed by atoms with Crippen LogP contribution in [0.15, 0.2) is 11.6 Å². The quantitative estimate of drug-likeness (QED) is 0.588. The lowest BCUT2D eigenvalue weighted by Crippen LogP contribution is -2.62. The number of rotatable bonds is 4. The molecule has 0 aromatic rings. The molecule has 0 radical (unpaired) electrons. The zero-order chi connectivity index (χ0) is 25.2. The molecule has 0 aromatic heterocycles. The first-order valence-corrected chi connectivity index (χ1v) is 13.5. The zero-order valence-electron chi connectivity index (χ0n) is 21.4. The molecule has 0 aromatic carbocycles. The van der Waals surface area contributed by atoms with Crippen LogP contribution in [0.4, 0.5) is 0 Å². The van der Waals surface area contributed by atoms with Crippen molar-refractivity contribution in [3.63, 3.8) is 0 Å². The molecular weight excluding hydrogens is 446 g/mol. The Hall–Kier alpha value is -1.57. The number of allylic oxidation sites excluding steroid dienone is 1. The molecule has 4 fully saturated rings. The van der Waals surface area contributed by atoms with Gasteiger partial charge < -0.3 is 19.8 Å². The molecule has 0 amide bonds. The predicted molar refractivity (Wildman–Crippen MR) is 129 cm³/mol. The van der Waals surface area contributed by atoms with Crippen molar-refractivity contribution in [2.45, 2.75) is 83.3 Å². The number of ether oxygens (including phenoxy) is 1. The van der Waals surface area contributed by atoms with Crippen LogP contribution < -0.4 is 0 Å². The summed E-state index contributed by atoms with van der Waals surface area (Å²) in [5.74, 6) is -0.494. The fraction of sp³-hybridized carbons (Fsp3) is 0.821. The Morgan fingerprint density at radius 2 is 1.94 bits per heavy atom. The Morgan fingerprint density at radius 1 is 1.17 bits per heavy atom. The summed E-state index contributed by atoms with van der Waals surface area (Å²) in [5.41, 5.74) is -1.40. The molecule has 1 saturated heterocycles. The highest BCUT2D eigenvalue weighted by molar-refractivity contribution is 5.92.